The minimum atomic E-state index is 0.161. The zero-order valence-electron chi connectivity index (χ0n) is 9.42. The summed E-state index contributed by atoms with van der Waals surface area (Å²) in [7, 11) is 0. The highest BCUT2D eigenvalue weighted by atomic mass is 35.5. The lowest BCUT2D eigenvalue weighted by Gasteiger charge is -2.08. The largest absolute Gasteiger partial charge is 0.258 e. The van der Waals surface area contributed by atoms with Crippen LogP contribution in [0.3, 0.4) is 0 Å². The number of hydrogen-bond donors (Lipinski definition) is 0. The van der Waals surface area contributed by atoms with Crippen molar-refractivity contribution in [3.05, 3.63) is 50.2 Å². The maximum atomic E-state index is 8.64. The van der Waals surface area contributed by atoms with Crippen molar-refractivity contribution in [2.45, 2.75) is 6.42 Å². The predicted octanol–water partition coefficient (Wildman–Crippen LogP) is 5.43. The maximum absolute atomic E-state index is 8.64. The standard InChI is InChI=1S/C13H6Cl4N2/c14-9-5-11(16)10(15)4-8(9)7-3-12(17)13(1-2-18)19-6-7/h3-6H,1H2. The first kappa shape index (κ1) is 14.4. The minimum absolute atomic E-state index is 0.161. The highest BCUT2D eigenvalue weighted by Crippen LogP contribution is 2.36. The topological polar surface area (TPSA) is 36.7 Å². The number of aromatic nitrogens is 1. The lowest BCUT2D eigenvalue weighted by molar-refractivity contribution is 1.12. The lowest BCUT2D eigenvalue weighted by Crippen LogP contribution is -1.91. The molecule has 2 aromatic rings. The predicted molar refractivity (Wildman–Crippen MR) is 79.0 cm³/mol. The van der Waals surface area contributed by atoms with Crippen LogP contribution >= 0.6 is 46.4 Å². The molecule has 0 aliphatic carbocycles. The summed E-state index contributed by atoms with van der Waals surface area (Å²) in [5.74, 6) is 0. The van der Waals surface area contributed by atoms with E-state index >= 15 is 0 Å². The van der Waals surface area contributed by atoms with Crippen LogP contribution in [0.25, 0.3) is 11.1 Å². The van der Waals surface area contributed by atoms with Gasteiger partial charge in [-0.05, 0) is 18.2 Å². The molecular weight excluding hydrogens is 326 g/mol. The molecule has 2 rings (SSSR count). The molecule has 0 aliphatic heterocycles. The molecule has 0 spiro atoms. The van der Waals surface area contributed by atoms with Gasteiger partial charge in [-0.1, -0.05) is 46.4 Å². The third-order valence-electron chi connectivity index (χ3n) is 2.48. The first-order valence-electron chi connectivity index (χ1n) is 5.19. The fraction of sp³-hybridized carbons (Fsp3) is 0.0769. The number of hydrogen-bond acceptors (Lipinski definition) is 2. The van der Waals surface area contributed by atoms with Gasteiger partial charge in [-0.2, -0.15) is 5.26 Å². The molecule has 0 fully saturated rings. The summed E-state index contributed by atoms with van der Waals surface area (Å²) in [4.78, 5) is 4.15. The van der Waals surface area contributed by atoms with Crippen molar-refractivity contribution in [3.63, 3.8) is 0 Å². The van der Waals surface area contributed by atoms with Crippen molar-refractivity contribution in [3.8, 4) is 17.2 Å². The van der Waals surface area contributed by atoms with Crippen molar-refractivity contribution >= 4 is 46.4 Å². The van der Waals surface area contributed by atoms with E-state index in [1.807, 2.05) is 6.07 Å². The van der Waals surface area contributed by atoms with Gasteiger partial charge in [0.2, 0.25) is 0 Å². The lowest BCUT2D eigenvalue weighted by atomic mass is 10.1. The van der Waals surface area contributed by atoms with Crippen LogP contribution in [0.1, 0.15) is 5.69 Å². The van der Waals surface area contributed by atoms with Gasteiger partial charge < -0.3 is 0 Å². The van der Waals surface area contributed by atoms with Gasteiger partial charge >= 0.3 is 0 Å². The molecule has 0 aliphatic rings. The summed E-state index contributed by atoms with van der Waals surface area (Å²) in [6.45, 7) is 0. The zero-order valence-corrected chi connectivity index (χ0v) is 12.4. The van der Waals surface area contributed by atoms with E-state index in [-0.39, 0.29) is 6.42 Å². The monoisotopic (exact) mass is 330 g/mol. The molecule has 0 saturated heterocycles. The van der Waals surface area contributed by atoms with Crippen molar-refractivity contribution in [1.82, 2.24) is 4.98 Å². The summed E-state index contributed by atoms with van der Waals surface area (Å²) < 4.78 is 0. The molecule has 1 aromatic heterocycles. The van der Waals surface area contributed by atoms with Crippen molar-refractivity contribution < 1.29 is 0 Å². The van der Waals surface area contributed by atoms with Gasteiger partial charge in [0.1, 0.15) is 0 Å². The first-order valence-corrected chi connectivity index (χ1v) is 6.70. The van der Waals surface area contributed by atoms with E-state index < -0.39 is 0 Å². The van der Waals surface area contributed by atoms with Gasteiger partial charge in [0, 0.05) is 17.3 Å². The number of rotatable bonds is 2. The fourth-order valence-electron chi connectivity index (χ4n) is 1.56. The van der Waals surface area contributed by atoms with Gasteiger partial charge in [0.05, 0.1) is 38.3 Å². The summed E-state index contributed by atoms with van der Waals surface area (Å²) in [6.07, 6.45) is 1.76. The molecule has 1 aromatic carbocycles. The summed E-state index contributed by atoms with van der Waals surface area (Å²) in [6, 6.07) is 6.93. The van der Waals surface area contributed by atoms with Crippen LogP contribution in [0.2, 0.25) is 20.1 Å². The van der Waals surface area contributed by atoms with E-state index in [2.05, 4.69) is 4.98 Å². The molecule has 96 valence electrons. The second-order valence-electron chi connectivity index (χ2n) is 3.73. The van der Waals surface area contributed by atoms with Crippen molar-refractivity contribution in [2.75, 3.05) is 0 Å². The van der Waals surface area contributed by atoms with Crippen LogP contribution in [0, 0.1) is 11.3 Å². The van der Waals surface area contributed by atoms with Gasteiger partial charge in [-0.25, -0.2) is 0 Å². The number of nitriles is 1. The quantitative estimate of drug-likeness (QED) is 0.688. The number of nitrogens with zero attached hydrogens (tertiary/aromatic N) is 2. The zero-order chi connectivity index (χ0) is 14.0. The van der Waals surface area contributed by atoms with E-state index in [0.29, 0.717) is 31.3 Å². The Bertz CT molecular complexity index is 677. The molecule has 0 atom stereocenters. The molecule has 0 radical (unpaired) electrons. The molecule has 0 unspecified atom stereocenters. The molecule has 0 N–H and O–H groups in total. The molecule has 19 heavy (non-hydrogen) atoms. The van der Waals surface area contributed by atoms with Gasteiger partial charge in [0.25, 0.3) is 0 Å². The Kier molecular flexibility index (Phi) is 4.54. The van der Waals surface area contributed by atoms with Crippen LogP contribution < -0.4 is 0 Å². The van der Waals surface area contributed by atoms with Gasteiger partial charge in [0.15, 0.2) is 0 Å². The average Bonchev–Trinajstić information content (AvgIpc) is 2.36. The number of pyridine rings is 1. The Labute approximate surface area is 130 Å². The molecule has 0 saturated carbocycles. The molecule has 2 nitrogen and oxygen atoms in total. The second-order valence-corrected chi connectivity index (χ2v) is 5.36. The van der Waals surface area contributed by atoms with Crippen LogP contribution in [0.4, 0.5) is 0 Å². The smallest absolute Gasteiger partial charge is 0.0789 e. The maximum Gasteiger partial charge on any atom is 0.0789 e. The van der Waals surface area contributed by atoms with Gasteiger partial charge in [-0.15, -0.1) is 0 Å². The SMILES string of the molecule is N#CCc1ncc(-c2cc(Cl)c(Cl)cc2Cl)cc1Cl. The Balaban J connectivity index is 2.51. The molecular formula is C13H6Cl4N2. The Morgan fingerprint density at radius 1 is 0.947 bits per heavy atom. The van der Waals surface area contributed by atoms with Crippen molar-refractivity contribution in [1.29, 1.82) is 5.26 Å². The normalized spacial score (nSPS) is 10.3. The van der Waals surface area contributed by atoms with Crippen LogP contribution in [-0.4, -0.2) is 4.98 Å². The summed E-state index contributed by atoms with van der Waals surface area (Å²) >= 11 is 24.0. The van der Waals surface area contributed by atoms with E-state index in [1.165, 1.54) is 0 Å². The molecule has 1 heterocycles. The van der Waals surface area contributed by atoms with Crippen molar-refractivity contribution in [2.24, 2.45) is 0 Å². The first-order chi connectivity index (χ1) is 9.02. The van der Waals surface area contributed by atoms with Gasteiger partial charge in [-0.3, -0.25) is 4.98 Å². The van der Waals surface area contributed by atoms with Crippen LogP contribution in [-0.2, 0) is 6.42 Å². The van der Waals surface area contributed by atoms with E-state index in [4.69, 9.17) is 51.7 Å². The Morgan fingerprint density at radius 2 is 1.63 bits per heavy atom. The Hall–Kier alpha value is -0.980. The van der Waals surface area contributed by atoms with E-state index in [9.17, 15) is 0 Å². The van der Waals surface area contributed by atoms with E-state index in [0.717, 1.165) is 5.56 Å². The average molecular weight is 332 g/mol. The van der Waals surface area contributed by atoms with Crippen LogP contribution in [0.15, 0.2) is 24.4 Å². The third-order valence-corrected chi connectivity index (χ3v) is 3.85. The summed E-state index contributed by atoms with van der Waals surface area (Å²) in [5, 5.41) is 10.3. The fourth-order valence-corrected chi connectivity index (χ4v) is 2.45. The summed E-state index contributed by atoms with van der Waals surface area (Å²) in [5.41, 5.74) is 1.94. The van der Waals surface area contributed by atoms with Crippen LogP contribution in [0.5, 0.6) is 0 Å². The molecule has 6 heteroatoms. The highest BCUT2D eigenvalue weighted by molar-refractivity contribution is 6.44. The highest BCUT2D eigenvalue weighted by Gasteiger charge is 2.11. The molecule has 0 bridgehead atoms. The number of halogens is 4. The van der Waals surface area contributed by atoms with E-state index in [1.54, 1.807) is 24.4 Å². The third kappa shape index (κ3) is 3.13. The molecule has 0 amide bonds. The number of benzene rings is 1. The second kappa shape index (κ2) is 5.98. The minimum Gasteiger partial charge on any atom is -0.258 e. The Morgan fingerprint density at radius 3 is 2.26 bits per heavy atom.